The number of halogens is 2. The Hall–Kier alpha value is -1.58. The molecule has 3 rings (SSSR count). The summed E-state index contributed by atoms with van der Waals surface area (Å²) in [5.74, 6) is -2.47. The molecular weight excluding hydrogens is 234 g/mol. The molecule has 0 bridgehead atoms. The number of nitrogens with zero attached hydrogens (tertiary/aromatic N) is 1. The van der Waals surface area contributed by atoms with Crippen LogP contribution in [0.4, 0.5) is 14.5 Å². The quantitative estimate of drug-likeness (QED) is 0.763. The lowest BCUT2D eigenvalue weighted by atomic mass is 9.92. The molecule has 1 fully saturated rings. The van der Waals surface area contributed by atoms with Gasteiger partial charge in [-0.3, -0.25) is 0 Å². The summed E-state index contributed by atoms with van der Waals surface area (Å²) in [5, 5.41) is 1.08. The minimum Gasteiger partial charge on any atom is -0.399 e. The second-order valence-corrected chi connectivity index (χ2v) is 5.13. The maximum absolute atomic E-state index is 13.2. The first-order chi connectivity index (χ1) is 8.55. The van der Waals surface area contributed by atoms with E-state index in [1.165, 1.54) is 0 Å². The SMILES string of the molecule is Nc1ccc2c(ccn2C2CCC(F)(F)CC2)c1. The third-order valence-electron chi connectivity index (χ3n) is 3.82. The van der Waals surface area contributed by atoms with Gasteiger partial charge in [-0.05, 0) is 37.1 Å². The molecule has 1 aromatic heterocycles. The van der Waals surface area contributed by atoms with Crippen molar-refractivity contribution in [2.75, 3.05) is 5.73 Å². The summed E-state index contributed by atoms with van der Waals surface area (Å²) in [6, 6.07) is 7.93. The number of fused-ring (bicyclic) bond motifs is 1. The molecule has 0 unspecified atom stereocenters. The number of anilines is 1. The summed E-state index contributed by atoms with van der Waals surface area (Å²) in [6.07, 6.45) is 3.05. The molecule has 0 atom stereocenters. The smallest absolute Gasteiger partial charge is 0.248 e. The molecule has 0 saturated heterocycles. The van der Waals surface area contributed by atoms with E-state index in [9.17, 15) is 8.78 Å². The van der Waals surface area contributed by atoms with Gasteiger partial charge in [0.15, 0.2) is 0 Å². The van der Waals surface area contributed by atoms with Gasteiger partial charge < -0.3 is 10.3 Å². The lowest BCUT2D eigenvalue weighted by Crippen LogP contribution is -2.25. The van der Waals surface area contributed by atoms with E-state index in [1.807, 2.05) is 30.5 Å². The molecule has 0 radical (unpaired) electrons. The summed E-state index contributed by atoms with van der Waals surface area (Å²) in [5.41, 5.74) is 7.55. The predicted octanol–water partition coefficient (Wildman–Crippen LogP) is 3.97. The van der Waals surface area contributed by atoms with Gasteiger partial charge in [0.2, 0.25) is 5.92 Å². The monoisotopic (exact) mass is 250 g/mol. The van der Waals surface area contributed by atoms with Gasteiger partial charge in [0, 0.05) is 41.7 Å². The van der Waals surface area contributed by atoms with Gasteiger partial charge in [-0.25, -0.2) is 8.78 Å². The molecule has 0 aliphatic heterocycles. The van der Waals surface area contributed by atoms with Crippen LogP contribution in [0.3, 0.4) is 0 Å². The average molecular weight is 250 g/mol. The number of benzene rings is 1. The normalized spacial score (nSPS) is 20.3. The summed E-state index contributed by atoms with van der Waals surface area (Å²) in [7, 11) is 0. The molecule has 1 aliphatic carbocycles. The van der Waals surface area contributed by atoms with Crippen molar-refractivity contribution in [1.29, 1.82) is 0 Å². The van der Waals surface area contributed by atoms with Crippen LogP contribution in [0, 0.1) is 0 Å². The van der Waals surface area contributed by atoms with Crippen molar-refractivity contribution < 1.29 is 8.78 Å². The van der Waals surface area contributed by atoms with Gasteiger partial charge in [0.05, 0.1) is 0 Å². The zero-order chi connectivity index (χ0) is 12.8. The Bertz CT molecular complexity index is 564. The Morgan fingerprint density at radius 1 is 1.17 bits per heavy atom. The first-order valence-corrected chi connectivity index (χ1v) is 6.29. The largest absolute Gasteiger partial charge is 0.399 e. The molecular formula is C14H16F2N2. The van der Waals surface area contributed by atoms with E-state index in [2.05, 4.69) is 4.57 Å². The Labute approximate surface area is 104 Å². The summed E-state index contributed by atoms with van der Waals surface area (Å²) < 4.78 is 28.4. The van der Waals surface area contributed by atoms with Crippen molar-refractivity contribution in [1.82, 2.24) is 4.57 Å². The van der Waals surface area contributed by atoms with Crippen LogP contribution in [0.15, 0.2) is 30.5 Å². The maximum atomic E-state index is 13.2. The minimum atomic E-state index is -2.47. The second kappa shape index (κ2) is 3.97. The third-order valence-corrected chi connectivity index (χ3v) is 3.82. The molecule has 2 N–H and O–H groups in total. The standard InChI is InChI=1S/C14H16F2N2/c15-14(16)6-3-12(4-7-14)18-8-5-10-9-11(17)1-2-13(10)18/h1-2,5,8-9,12H,3-4,6-7,17H2. The molecule has 0 amide bonds. The van der Waals surface area contributed by atoms with E-state index in [0.29, 0.717) is 12.8 Å². The first kappa shape index (κ1) is 11.5. The van der Waals surface area contributed by atoms with Crippen molar-refractivity contribution >= 4 is 16.6 Å². The van der Waals surface area contributed by atoms with Crippen LogP contribution in [0.2, 0.25) is 0 Å². The zero-order valence-corrected chi connectivity index (χ0v) is 10.1. The van der Waals surface area contributed by atoms with E-state index in [0.717, 1.165) is 16.6 Å². The Morgan fingerprint density at radius 3 is 2.61 bits per heavy atom. The van der Waals surface area contributed by atoms with Gasteiger partial charge in [-0.15, -0.1) is 0 Å². The van der Waals surface area contributed by atoms with Crippen molar-refractivity contribution in [3.8, 4) is 0 Å². The number of nitrogens with two attached hydrogens (primary N) is 1. The van der Waals surface area contributed by atoms with Crippen molar-refractivity contribution in [2.24, 2.45) is 0 Å². The lowest BCUT2D eigenvalue weighted by molar-refractivity contribution is -0.0435. The Kier molecular flexibility index (Phi) is 2.54. The molecule has 2 aromatic rings. The van der Waals surface area contributed by atoms with Crippen LogP contribution in [0.1, 0.15) is 31.7 Å². The molecule has 18 heavy (non-hydrogen) atoms. The molecule has 0 spiro atoms. The minimum absolute atomic E-state index is 0.00763. The van der Waals surface area contributed by atoms with Crippen LogP contribution in [-0.4, -0.2) is 10.5 Å². The van der Waals surface area contributed by atoms with Crippen LogP contribution in [0.25, 0.3) is 10.9 Å². The molecule has 2 nitrogen and oxygen atoms in total. The lowest BCUT2D eigenvalue weighted by Gasteiger charge is -2.29. The fraction of sp³-hybridized carbons (Fsp3) is 0.429. The number of hydrogen-bond acceptors (Lipinski definition) is 1. The van der Waals surface area contributed by atoms with Gasteiger partial charge >= 0.3 is 0 Å². The second-order valence-electron chi connectivity index (χ2n) is 5.13. The number of aromatic nitrogens is 1. The molecule has 1 saturated carbocycles. The number of hydrogen-bond donors (Lipinski definition) is 1. The molecule has 96 valence electrons. The Balaban J connectivity index is 1.91. The first-order valence-electron chi connectivity index (χ1n) is 6.29. The van der Waals surface area contributed by atoms with Crippen LogP contribution in [-0.2, 0) is 0 Å². The highest BCUT2D eigenvalue weighted by Crippen LogP contribution is 2.39. The van der Waals surface area contributed by atoms with Crippen molar-refractivity contribution in [3.05, 3.63) is 30.5 Å². The molecule has 4 heteroatoms. The average Bonchev–Trinajstić information content (AvgIpc) is 2.72. The molecule has 1 aliphatic rings. The zero-order valence-electron chi connectivity index (χ0n) is 10.1. The summed E-state index contributed by atoms with van der Waals surface area (Å²) >= 11 is 0. The van der Waals surface area contributed by atoms with E-state index in [1.54, 1.807) is 0 Å². The highest BCUT2D eigenvalue weighted by atomic mass is 19.3. The van der Waals surface area contributed by atoms with Gasteiger partial charge in [0.25, 0.3) is 0 Å². The van der Waals surface area contributed by atoms with Crippen molar-refractivity contribution in [3.63, 3.8) is 0 Å². The van der Waals surface area contributed by atoms with Crippen LogP contribution in [0.5, 0.6) is 0 Å². The number of rotatable bonds is 1. The Morgan fingerprint density at radius 2 is 1.89 bits per heavy atom. The van der Waals surface area contributed by atoms with E-state index in [4.69, 9.17) is 5.73 Å². The van der Waals surface area contributed by atoms with Gasteiger partial charge in [-0.1, -0.05) is 0 Å². The van der Waals surface area contributed by atoms with Crippen LogP contribution < -0.4 is 5.73 Å². The topological polar surface area (TPSA) is 30.9 Å². The third kappa shape index (κ3) is 1.96. The van der Waals surface area contributed by atoms with E-state index in [-0.39, 0.29) is 18.9 Å². The molecule has 1 aromatic carbocycles. The predicted molar refractivity (Wildman–Crippen MR) is 68.8 cm³/mol. The fourth-order valence-corrected chi connectivity index (χ4v) is 2.80. The van der Waals surface area contributed by atoms with Gasteiger partial charge in [-0.2, -0.15) is 0 Å². The maximum Gasteiger partial charge on any atom is 0.248 e. The summed E-state index contributed by atoms with van der Waals surface area (Å²) in [4.78, 5) is 0. The number of alkyl halides is 2. The van der Waals surface area contributed by atoms with Crippen LogP contribution >= 0.6 is 0 Å². The van der Waals surface area contributed by atoms with Crippen molar-refractivity contribution in [2.45, 2.75) is 37.6 Å². The highest BCUT2D eigenvalue weighted by Gasteiger charge is 2.35. The number of nitrogen functional groups attached to an aromatic ring is 1. The van der Waals surface area contributed by atoms with Gasteiger partial charge in [0.1, 0.15) is 0 Å². The highest BCUT2D eigenvalue weighted by molar-refractivity contribution is 5.83. The summed E-state index contributed by atoms with van der Waals surface area (Å²) in [6.45, 7) is 0. The molecule has 1 heterocycles. The van der Waals surface area contributed by atoms with E-state index < -0.39 is 5.92 Å². The van der Waals surface area contributed by atoms with E-state index >= 15 is 0 Å². The fourth-order valence-electron chi connectivity index (χ4n) is 2.80.